The van der Waals surface area contributed by atoms with Crippen molar-refractivity contribution in [3.8, 4) is 0 Å². The zero-order valence-corrected chi connectivity index (χ0v) is 7.47. The van der Waals surface area contributed by atoms with Crippen LogP contribution < -0.4 is 0 Å². The van der Waals surface area contributed by atoms with E-state index in [4.69, 9.17) is 0 Å². The fourth-order valence-corrected chi connectivity index (χ4v) is 0.940. The Bertz CT molecular complexity index is 273. The number of thiol groups is 1. The number of hydrogen-bond donors (Lipinski definition) is 1. The average Bonchev–Trinajstić information content (AvgIpc) is 2.05. The van der Waals surface area contributed by atoms with Crippen LogP contribution in [0.5, 0.6) is 0 Å². The molecule has 0 atom stereocenters. The molecule has 0 radical (unpaired) electrons. The van der Waals surface area contributed by atoms with Crippen molar-refractivity contribution in [2.75, 3.05) is 5.75 Å². The molecule has 0 unspecified atom stereocenters. The van der Waals surface area contributed by atoms with E-state index in [1.807, 2.05) is 6.08 Å². The van der Waals surface area contributed by atoms with E-state index in [-0.39, 0.29) is 5.82 Å². The highest BCUT2D eigenvalue weighted by molar-refractivity contribution is 7.80. The van der Waals surface area contributed by atoms with Crippen LogP contribution in [0.15, 0.2) is 24.4 Å². The number of allylic oxidation sites excluding steroid dienone is 1. The molecule has 0 spiro atoms. The zero-order chi connectivity index (χ0) is 8.81. The smallest absolute Gasteiger partial charge is 0.126 e. The number of pyridine rings is 1. The lowest BCUT2D eigenvalue weighted by atomic mass is 10.3. The molecule has 1 aromatic rings. The molecule has 0 aliphatic rings. The molecule has 0 bridgehead atoms. The minimum Gasteiger partial charge on any atom is -0.257 e. The number of nitrogens with zero attached hydrogens (tertiary/aromatic N) is 1. The van der Waals surface area contributed by atoms with Gasteiger partial charge in [-0.25, -0.2) is 4.39 Å². The van der Waals surface area contributed by atoms with Crippen molar-refractivity contribution in [2.45, 2.75) is 6.42 Å². The summed E-state index contributed by atoms with van der Waals surface area (Å²) >= 11 is 4.04. The van der Waals surface area contributed by atoms with Gasteiger partial charge in [-0.05, 0) is 30.4 Å². The summed E-state index contributed by atoms with van der Waals surface area (Å²) < 4.78 is 12.6. The van der Waals surface area contributed by atoms with Crippen molar-refractivity contribution in [2.24, 2.45) is 0 Å². The maximum absolute atomic E-state index is 12.6. The van der Waals surface area contributed by atoms with Gasteiger partial charge in [0.25, 0.3) is 0 Å². The van der Waals surface area contributed by atoms with Crippen LogP contribution in [0.1, 0.15) is 12.1 Å². The van der Waals surface area contributed by atoms with E-state index in [0.29, 0.717) is 5.69 Å². The highest BCUT2D eigenvalue weighted by Crippen LogP contribution is 2.02. The second-order valence-corrected chi connectivity index (χ2v) is 2.76. The summed E-state index contributed by atoms with van der Waals surface area (Å²) in [6.07, 6.45) is 6.05. The van der Waals surface area contributed by atoms with Gasteiger partial charge in [0.15, 0.2) is 0 Å². The molecule has 0 N–H and O–H groups in total. The molecule has 12 heavy (non-hydrogen) atoms. The van der Waals surface area contributed by atoms with Crippen molar-refractivity contribution in [3.63, 3.8) is 0 Å². The molecule has 1 heterocycles. The SMILES string of the molecule is Fc1ccnc(C=CCCS)c1. The average molecular weight is 183 g/mol. The second kappa shape index (κ2) is 4.93. The Balaban J connectivity index is 2.63. The molecule has 0 aliphatic carbocycles. The van der Waals surface area contributed by atoms with Crippen molar-refractivity contribution < 1.29 is 4.39 Å². The molecule has 1 nitrogen and oxygen atoms in total. The Morgan fingerprint density at radius 3 is 3.08 bits per heavy atom. The van der Waals surface area contributed by atoms with E-state index in [9.17, 15) is 4.39 Å². The minimum absolute atomic E-state index is 0.254. The molecule has 0 saturated carbocycles. The summed E-state index contributed by atoms with van der Waals surface area (Å²) in [5.74, 6) is 0.543. The summed E-state index contributed by atoms with van der Waals surface area (Å²) in [6.45, 7) is 0. The van der Waals surface area contributed by atoms with Crippen LogP contribution >= 0.6 is 12.6 Å². The molecule has 0 amide bonds. The summed E-state index contributed by atoms with van der Waals surface area (Å²) in [5.41, 5.74) is 0.650. The summed E-state index contributed by atoms with van der Waals surface area (Å²) in [6, 6.07) is 2.73. The third kappa shape index (κ3) is 3.05. The maximum Gasteiger partial charge on any atom is 0.126 e. The predicted octanol–water partition coefficient (Wildman–Crippen LogP) is 2.55. The molecule has 1 aromatic heterocycles. The first-order valence-corrected chi connectivity index (χ1v) is 4.35. The van der Waals surface area contributed by atoms with Gasteiger partial charge in [-0.1, -0.05) is 6.08 Å². The van der Waals surface area contributed by atoms with E-state index < -0.39 is 0 Å². The third-order valence-electron chi connectivity index (χ3n) is 1.33. The van der Waals surface area contributed by atoms with Gasteiger partial charge in [0, 0.05) is 6.20 Å². The number of halogens is 1. The Kier molecular flexibility index (Phi) is 3.80. The molecule has 0 saturated heterocycles. The standard InChI is InChI=1S/C9H10FNS/c10-8-4-5-11-9(7-8)3-1-2-6-12/h1,3-5,7,12H,2,6H2. The van der Waals surface area contributed by atoms with Gasteiger partial charge in [0.2, 0.25) is 0 Å². The van der Waals surface area contributed by atoms with E-state index in [1.54, 1.807) is 6.08 Å². The summed E-state index contributed by atoms with van der Waals surface area (Å²) in [5, 5.41) is 0. The van der Waals surface area contributed by atoms with Crippen molar-refractivity contribution in [3.05, 3.63) is 35.9 Å². The second-order valence-electron chi connectivity index (χ2n) is 2.31. The van der Waals surface area contributed by atoms with Crippen LogP contribution in [0.3, 0.4) is 0 Å². The van der Waals surface area contributed by atoms with Gasteiger partial charge in [-0.3, -0.25) is 4.98 Å². The van der Waals surface area contributed by atoms with Crippen LogP contribution in [-0.4, -0.2) is 10.7 Å². The highest BCUT2D eigenvalue weighted by atomic mass is 32.1. The summed E-state index contributed by atoms with van der Waals surface area (Å²) in [4.78, 5) is 3.96. The van der Waals surface area contributed by atoms with Crippen LogP contribution in [0.25, 0.3) is 6.08 Å². The molecule has 0 fully saturated rings. The molecule has 0 aliphatic heterocycles. The first-order valence-electron chi connectivity index (χ1n) is 3.72. The molecule has 0 aromatic carbocycles. The Labute approximate surface area is 76.7 Å². The Morgan fingerprint density at radius 2 is 2.42 bits per heavy atom. The highest BCUT2D eigenvalue weighted by Gasteiger charge is 1.90. The van der Waals surface area contributed by atoms with Crippen LogP contribution in [0.2, 0.25) is 0 Å². The first kappa shape index (κ1) is 9.26. The molecular weight excluding hydrogens is 173 g/mol. The number of hydrogen-bond acceptors (Lipinski definition) is 2. The van der Waals surface area contributed by atoms with Gasteiger partial charge in [-0.2, -0.15) is 12.6 Å². The van der Waals surface area contributed by atoms with E-state index >= 15 is 0 Å². The lowest BCUT2D eigenvalue weighted by Crippen LogP contribution is -1.81. The minimum atomic E-state index is -0.254. The van der Waals surface area contributed by atoms with E-state index in [2.05, 4.69) is 17.6 Å². The van der Waals surface area contributed by atoms with Crippen molar-refractivity contribution in [1.82, 2.24) is 4.98 Å². The summed E-state index contributed by atoms with van der Waals surface area (Å²) in [7, 11) is 0. The van der Waals surface area contributed by atoms with Gasteiger partial charge >= 0.3 is 0 Å². The van der Waals surface area contributed by atoms with Gasteiger partial charge in [-0.15, -0.1) is 0 Å². The van der Waals surface area contributed by atoms with E-state index in [1.165, 1.54) is 18.3 Å². The van der Waals surface area contributed by atoms with Gasteiger partial charge < -0.3 is 0 Å². The molecular formula is C9H10FNS. The molecule has 3 heteroatoms. The van der Waals surface area contributed by atoms with Gasteiger partial charge in [0.05, 0.1) is 5.69 Å². The third-order valence-corrected chi connectivity index (χ3v) is 1.59. The van der Waals surface area contributed by atoms with Crippen molar-refractivity contribution in [1.29, 1.82) is 0 Å². The lowest BCUT2D eigenvalue weighted by Gasteiger charge is -1.91. The van der Waals surface area contributed by atoms with E-state index in [0.717, 1.165) is 12.2 Å². The predicted molar refractivity (Wildman–Crippen MR) is 51.7 cm³/mol. The van der Waals surface area contributed by atoms with Crippen LogP contribution in [0.4, 0.5) is 4.39 Å². The normalized spacial score (nSPS) is 10.8. The van der Waals surface area contributed by atoms with Gasteiger partial charge in [0.1, 0.15) is 5.82 Å². The topological polar surface area (TPSA) is 12.9 Å². The molecule has 64 valence electrons. The fourth-order valence-electron chi connectivity index (χ4n) is 0.791. The first-order chi connectivity index (χ1) is 5.83. The Hall–Kier alpha value is -0.830. The Morgan fingerprint density at radius 1 is 1.58 bits per heavy atom. The zero-order valence-electron chi connectivity index (χ0n) is 6.57. The van der Waals surface area contributed by atoms with Crippen LogP contribution in [-0.2, 0) is 0 Å². The number of rotatable bonds is 3. The molecule has 1 rings (SSSR count). The quantitative estimate of drug-likeness (QED) is 0.710. The monoisotopic (exact) mass is 183 g/mol. The van der Waals surface area contributed by atoms with Crippen molar-refractivity contribution >= 4 is 18.7 Å². The largest absolute Gasteiger partial charge is 0.257 e. The number of aromatic nitrogens is 1. The van der Waals surface area contributed by atoms with Crippen LogP contribution in [0, 0.1) is 5.82 Å². The maximum atomic E-state index is 12.6. The lowest BCUT2D eigenvalue weighted by molar-refractivity contribution is 0.625. The fraction of sp³-hybridized carbons (Fsp3) is 0.222.